The second-order valence-electron chi connectivity index (χ2n) is 5.89. The number of carbonyl (C=O) groups excluding carboxylic acids is 2. The van der Waals surface area contributed by atoms with Crippen LogP contribution in [-0.2, 0) is 4.79 Å². The topological polar surface area (TPSA) is 49.4 Å². The lowest BCUT2D eigenvalue weighted by molar-refractivity contribution is -0.112. The van der Waals surface area contributed by atoms with Crippen LogP contribution in [0.2, 0.25) is 0 Å². The number of anilines is 2. The highest BCUT2D eigenvalue weighted by atomic mass is 79.9. The number of amides is 1. The van der Waals surface area contributed by atoms with Crippen LogP contribution in [0.25, 0.3) is 0 Å². The highest BCUT2D eigenvalue weighted by Gasteiger charge is 2.30. The second-order valence-corrected chi connectivity index (χ2v) is 6.74. The Morgan fingerprint density at radius 1 is 1.14 bits per heavy atom. The number of hydrogen-bond donors (Lipinski definition) is 1. The van der Waals surface area contributed by atoms with E-state index in [1.807, 2.05) is 6.07 Å². The number of fused-ring (bicyclic) bond motifs is 1. The van der Waals surface area contributed by atoms with Crippen molar-refractivity contribution in [1.29, 1.82) is 0 Å². The second kappa shape index (κ2) is 5.79. The third-order valence-corrected chi connectivity index (χ3v) is 5.17. The van der Waals surface area contributed by atoms with Gasteiger partial charge >= 0.3 is 0 Å². The fraction of sp³-hybridized carbons (Fsp3) is 0.500. The Balaban J connectivity index is 1.90. The van der Waals surface area contributed by atoms with Gasteiger partial charge in [0.25, 0.3) is 11.7 Å². The molecule has 1 heterocycles. The van der Waals surface area contributed by atoms with Crippen molar-refractivity contribution < 1.29 is 9.59 Å². The Hall–Kier alpha value is -1.36. The third-order valence-electron chi connectivity index (χ3n) is 4.54. The van der Waals surface area contributed by atoms with Crippen molar-refractivity contribution in [3.8, 4) is 0 Å². The van der Waals surface area contributed by atoms with E-state index in [4.69, 9.17) is 0 Å². The predicted molar refractivity (Wildman–Crippen MR) is 87.0 cm³/mol. The molecule has 0 saturated heterocycles. The first-order valence-corrected chi connectivity index (χ1v) is 8.29. The molecule has 5 heteroatoms. The number of carbonyl (C=O) groups is 2. The van der Waals surface area contributed by atoms with Gasteiger partial charge < -0.3 is 10.2 Å². The van der Waals surface area contributed by atoms with Gasteiger partial charge in [0.15, 0.2) is 0 Å². The normalized spacial score (nSPS) is 19.1. The van der Waals surface area contributed by atoms with E-state index in [9.17, 15) is 9.59 Å². The molecular formula is C16H19BrN2O2. The maximum atomic E-state index is 11.7. The van der Waals surface area contributed by atoms with Crippen LogP contribution in [-0.4, -0.2) is 24.8 Å². The number of hydrogen-bond acceptors (Lipinski definition) is 3. The number of benzene rings is 1. The number of nitrogens with one attached hydrogen (secondary N) is 1. The Morgan fingerprint density at radius 2 is 1.81 bits per heavy atom. The summed E-state index contributed by atoms with van der Waals surface area (Å²) >= 11 is 3.55. The number of Topliss-reactive ketones (excluding diaryl/α,β-unsaturated/α-hetero) is 1. The summed E-state index contributed by atoms with van der Waals surface area (Å²) in [6, 6.07) is 4.19. The van der Waals surface area contributed by atoms with E-state index in [0.29, 0.717) is 17.3 Å². The molecule has 1 N–H and O–H groups in total. The monoisotopic (exact) mass is 350 g/mol. The van der Waals surface area contributed by atoms with Crippen LogP contribution in [0, 0.1) is 0 Å². The largest absolute Gasteiger partial charge is 0.371 e. The van der Waals surface area contributed by atoms with Crippen molar-refractivity contribution >= 4 is 39.0 Å². The van der Waals surface area contributed by atoms with Gasteiger partial charge in [0.2, 0.25) is 0 Å². The molecule has 0 spiro atoms. The summed E-state index contributed by atoms with van der Waals surface area (Å²) < 4.78 is 0.873. The van der Waals surface area contributed by atoms with Crippen LogP contribution in [0.15, 0.2) is 16.6 Å². The quantitative estimate of drug-likeness (QED) is 0.652. The predicted octanol–water partition coefficient (Wildman–Crippen LogP) is 3.74. The Bertz CT molecular complexity index is 592. The summed E-state index contributed by atoms with van der Waals surface area (Å²) in [7, 11) is 2.10. The number of halogens is 1. The van der Waals surface area contributed by atoms with Crippen LogP contribution in [0.5, 0.6) is 0 Å². The summed E-state index contributed by atoms with van der Waals surface area (Å²) in [6.45, 7) is 0. The molecule has 3 rings (SSSR count). The molecule has 21 heavy (non-hydrogen) atoms. The van der Waals surface area contributed by atoms with Crippen molar-refractivity contribution in [2.24, 2.45) is 0 Å². The average Bonchev–Trinajstić information content (AvgIpc) is 2.68. The van der Waals surface area contributed by atoms with E-state index in [-0.39, 0.29) is 0 Å². The van der Waals surface area contributed by atoms with Crippen LogP contribution < -0.4 is 10.2 Å². The molecular weight excluding hydrogens is 332 g/mol. The van der Waals surface area contributed by atoms with E-state index < -0.39 is 11.7 Å². The third kappa shape index (κ3) is 2.71. The van der Waals surface area contributed by atoms with Gasteiger partial charge in [-0.2, -0.15) is 0 Å². The van der Waals surface area contributed by atoms with Gasteiger partial charge in [-0.15, -0.1) is 0 Å². The van der Waals surface area contributed by atoms with Gasteiger partial charge in [-0.3, -0.25) is 9.59 Å². The van der Waals surface area contributed by atoms with Gasteiger partial charge in [-0.25, -0.2) is 0 Å². The SMILES string of the molecule is CN(c1cc2c(cc1Br)C(=O)C(=O)N2)C1CCCCCC1. The molecule has 1 amide bonds. The van der Waals surface area contributed by atoms with E-state index in [0.717, 1.165) is 10.2 Å². The van der Waals surface area contributed by atoms with E-state index in [1.165, 1.54) is 38.5 Å². The minimum atomic E-state index is -0.536. The minimum Gasteiger partial charge on any atom is -0.371 e. The number of nitrogens with zero attached hydrogens (tertiary/aromatic N) is 1. The maximum absolute atomic E-state index is 11.7. The smallest absolute Gasteiger partial charge is 0.296 e. The Kier molecular flexibility index (Phi) is 4.02. The molecule has 2 aliphatic rings. The molecule has 1 saturated carbocycles. The zero-order valence-electron chi connectivity index (χ0n) is 12.1. The highest BCUT2D eigenvalue weighted by molar-refractivity contribution is 9.10. The molecule has 1 aromatic rings. The Morgan fingerprint density at radius 3 is 2.48 bits per heavy atom. The fourth-order valence-corrected chi connectivity index (χ4v) is 3.89. The molecule has 0 atom stereocenters. The summed E-state index contributed by atoms with van der Waals surface area (Å²) in [5.41, 5.74) is 2.13. The molecule has 0 aromatic heterocycles. The van der Waals surface area contributed by atoms with Crippen molar-refractivity contribution in [2.45, 2.75) is 44.6 Å². The van der Waals surface area contributed by atoms with E-state index in [2.05, 4.69) is 33.2 Å². The zero-order valence-corrected chi connectivity index (χ0v) is 13.7. The van der Waals surface area contributed by atoms with E-state index in [1.54, 1.807) is 6.07 Å². The number of ketones is 1. The fourth-order valence-electron chi connectivity index (χ4n) is 3.27. The molecule has 0 unspecified atom stereocenters. The lowest BCUT2D eigenvalue weighted by Crippen LogP contribution is -2.31. The minimum absolute atomic E-state index is 0.450. The van der Waals surface area contributed by atoms with Gasteiger partial charge in [-0.1, -0.05) is 25.7 Å². The zero-order chi connectivity index (χ0) is 15.0. The highest BCUT2D eigenvalue weighted by Crippen LogP contribution is 2.37. The van der Waals surface area contributed by atoms with Crippen molar-refractivity contribution in [2.75, 3.05) is 17.3 Å². The summed E-state index contributed by atoms with van der Waals surface area (Å²) in [5.74, 6) is -0.986. The van der Waals surface area contributed by atoms with Gasteiger partial charge in [0.1, 0.15) is 0 Å². The van der Waals surface area contributed by atoms with Crippen molar-refractivity contribution in [3.63, 3.8) is 0 Å². The summed E-state index contributed by atoms with van der Waals surface area (Å²) in [5, 5.41) is 2.65. The molecule has 0 bridgehead atoms. The van der Waals surface area contributed by atoms with Gasteiger partial charge in [0.05, 0.1) is 16.9 Å². The average molecular weight is 351 g/mol. The first-order chi connectivity index (χ1) is 10.1. The molecule has 112 valence electrons. The number of rotatable bonds is 2. The first-order valence-electron chi connectivity index (χ1n) is 7.50. The molecule has 1 fully saturated rings. The van der Waals surface area contributed by atoms with Crippen LogP contribution >= 0.6 is 15.9 Å². The molecule has 1 aromatic carbocycles. The van der Waals surface area contributed by atoms with Crippen molar-refractivity contribution in [1.82, 2.24) is 0 Å². The van der Waals surface area contributed by atoms with Gasteiger partial charge in [-0.05, 0) is 40.9 Å². The first kappa shape index (κ1) is 14.6. The lowest BCUT2D eigenvalue weighted by Gasteiger charge is -2.30. The van der Waals surface area contributed by atoms with Crippen LogP contribution in [0.1, 0.15) is 48.9 Å². The summed E-state index contributed by atoms with van der Waals surface area (Å²) in [4.78, 5) is 25.5. The maximum Gasteiger partial charge on any atom is 0.296 e. The Labute approximate surface area is 133 Å². The molecule has 4 nitrogen and oxygen atoms in total. The lowest BCUT2D eigenvalue weighted by atomic mass is 10.1. The van der Waals surface area contributed by atoms with Crippen LogP contribution in [0.4, 0.5) is 11.4 Å². The molecule has 0 radical (unpaired) electrons. The summed E-state index contributed by atoms with van der Waals surface area (Å²) in [6.07, 6.45) is 7.58. The van der Waals surface area contributed by atoms with E-state index >= 15 is 0 Å². The molecule has 1 aliphatic carbocycles. The van der Waals surface area contributed by atoms with Crippen LogP contribution in [0.3, 0.4) is 0 Å². The van der Waals surface area contributed by atoms with Gasteiger partial charge in [0, 0.05) is 17.6 Å². The van der Waals surface area contributed by atoms with Crippen molar-refractivity contribution in [3.05, 3.63) is 22.2 Å². The standard InChI is InChI=1S/C16H19BrN2O2/c1-19(10-6-4-2-3-5-7-10)14-9-13-11(8-12(14)17)15(20)16(21)18-13/h8-10H,2-7H2,1H3,(H,18,20,21). The molecule has 1 aliphatic heterocycles.